The normalized spacial score (nSPS) is 21.9. The summed E-state index contributed by atoms with van der Waals surface area (Å²) in [6.07, 6.45) is 3.76. The number of pyridine rings is 1. The second-order valence-corrected chi connectivity index (χ2v) is 13.6. The van der Waals surface area contributed by atoms with Gasteiger partial charge in [0, 0.05) is 62.4 Å². The molecular weight excluding hydrogens is 566 g/mol. The zero-order chi connectivity index (χ0) is 32.0. The van der Waals surface area contributed by atoms with Gasteiger partial charge in [-0.05, 0) is 47.6 Å². The maximum atomic E-state index is 13.8. The summed E-state index contributed by atoms with van der Waals surface area (Å²) in [6.45, 7) is 8.41. The van der Waals surface area contributed by atoms with Crippen molar-refractivity contribution in [1.29, 1.82) is 0 Å². The number of aromatic nitrogens is 1. The Hall–Kier alpha value is -3.63. The Morgan fingerprint density at radius 3 is 2.47 bits per heavy atom. The highest BCUT2D eigenvalue weighted by molar-refractivity contribution is 5.81. The SMILES string of the molecule is CC(C)(C)C(=O)NN1CCN(Cc2cccnc2)C[C@@H]1C[C@@H](O)C[C@@H](Cc1ccccc1)C(=O)N[C@H]1c2ccccc2C[C@H]1O. The largest absolute Gasteiger partial charge is 0.393 e. The molecular formula is C36H47N5O4. The van der Waals surface area contributed by atoms with E-state index in [1.54, 1.807) is 6.20 Å². The van der Waals surface area contributed by atoms with E-state index in [1.165, 1.54) is 0 Å². The quantitative estimate of drug-likeness (QED) is 0.262. The number of aliphatic hydroxyl groups is 2. The number of hydrogen-bond donors (Lipinski definition) is 4. The fraction of sp³-hybridized carbons (Fsp3) is 0.472. The Balaban J connectivity index is 1.30. The Bertz CT molecular complexity index is 1410. The molecule has 5 rings (SSSR count). The van der Waals surface area contributed by atoms with Crippen LogP contribution in [0.2, 0.25) is 0 Å². The Morgan fingerprint density at radius 2 is 1.73 bits per heavy atom. The van der Waals surface area contributed by atoms with Crippen LogP contribution in [0, 0.1) is 11.3 Å². The average Bonchev–Trinajstić information content (AvgIpc) is 3.33. The summed E-state index contributed by atoms with van der Waals surface area (Å²) in [6, 6.07) is 21.0. The first-order valence-corrected chi connectivity index (χ1v) is 16.0. The van der Waals surface area contributed by atoms with Crippen LogP contribution in [0.3, 0.4) is 0 Å². The lowest BCUT2D eigenvalue weighted by Gasteiger charge is -2.43. The molecule has 0 saturated carbocycles. The predicted molar refractivity (Wildman–Crippen MR) is 174 cm³/mol. The first kappa shape index (κ1) is 32.8. The summed E-state index contributed by atoms with van der Waals surface area (Å²) < 4.78 is 0. The highest BCUT2D eigenvalue weighted by Crippen LogP contribution is 2.32. The molecule has 240 valence electrons. The molecule has 2 aromatic carbocycles. The maximum Gasteiger partial charge on any atom is 0.239 e. The third-order valence-electron chi connectivity index (χ3n) is 8.92. The van der Waals surface area contributed by atoms with Gasteiger partial charge in [-0.3, -0.25) is 24.9 Å². The van der Waals surface area contributed by atoms with E-state index in [9.17, 15) is 19.8 Å². The van der Waals surface area contributed by atoms with E-state index in [4.69, 9.17) is 0 Å². The van der Waals surface area contributed by atoms with Crippen molar-refractivity contribution in [3.8, 4) is 0 Å². The first-order valence-electron chi connectivity index (χ1n) is 16.0. The van der Waals surface area contributed by atoms with Crippen LogP contribution >= 0.6 is 0 Å². The van der Waals surface area contributed by atoms with Crippen LogP contribution in [0.4, 0.5) is 0 Å². The number of benzene rings is 2. The molecule has 0 bridgehead atoms. The monoisotopic (exact) mass is 613 g/mol. The van der Waals surface area contributed by atoms with Crippen LogP contribution in [-0.2, 0) is 29.0 Å². The standard InChI is InChI=1S/C36H47N5O4/c1-36(2,3)35(45)39-41-17-16-40(23-26-12-9-15-37-22-26)24-29(41)21-30(42)19-28(18-25-10-5-4-6-11-25)34(44)38-33-31-14-8-7-13-27(31)20-32(33)43/h4-15,22,28-30,32-33,42-43H,16-21,23-24H2,1-3H3,(H,38,44)(H,39,45)/t28-,29+,30+,32-,33+/m1/s1. The summed E-state index contributed by atoms with van der Waals surface area (Å²) in [7, 11) is 0. The maximum absolute atomic E-state index is 13.8. The Kier molecular flexibility index (Phi) is 10.7. The van der Waals surface area contributed by atoms with Gasteiger partial charge in [-0.15, -0.1) is 0 Å². The summed E-state index contributed by atoms with van der Waals surface area (Å²) in [4.78, 5) is 33.4. The minimum absolute atomic E-state index is 0.0700. The number of nitrogens with zero attached hydrogens (tertiary/aromatic N) is 3. The number of carbonyl (C=O) groups is 2. The number of carbonyl (C=O) groups excluding carboxylic acids is 2. The lowest BCUT2D eigenvalue weighted by Crippen LogP contribution is -2.61. The van der Waals surface area contributed by atoms with Crippen molar-refractivity contribution in [2.45, 2.75) is 77.3 Å². The molecule has 1 saturated heterocycles. The molecule has 1 aromatic heterocycles. The van der Waals surface area contributed by atoms with E-state index in [2.05, 4.69) is 26.7 Å². The van der Waals surface area contributed by atoms with Crippen LogP contribution in [0.25, 0.3) is 0 Å². The predicted octanol–water partition coefficient (Wildman–Crippen LogP) is 3.42. The molecule has 45 heavy (non-hydrogen) atoms. The van der Waals surface area contributed by atoms with E-state index in [0.717, 1.165) is 35.3 Å². The lowest BCUT2D eigenvalue weighted by atomic mass is 9.89. The van der Waals surface area contributed by atoms with Gasteiger partial charge in [-0.2, -0.15) is 0 Å². The van der Waals surface area contributed by atoms with Gasteiger partial charge < -0.3 is 15.5 Å². The van der Waals surface area contributed by atoms with Crippen molar-refractivity contribution in [1.82, 2.24) is 25.6 Å². The fourth-order valence-electron chi connectivity index (χ4n) is 6.40. The van der Waals surface area contributed by atoms with Crippen molar-refractivity contribution in [2.75, 3.05) is 19.6 Å². The van der Waals surface area contributed by atoms with E-state index in [-0.39, 0.29) is 24.3 Å². The number of aliphatic hydroxyl groups excluding tert-OH is 2. The third-order valence-corrected chi connectivity index (χ3v) is 8.92. The summed E-state index contributed by atoms with van der Waals surface area (Å²) in [5.41, 5.74) is 6.66. The van der Waals surface area contributed by atoms with Gasteiger partial charge in [-0.25, -0.2) is 5.01 Å². The van der Waals surface area contributed by atoms with Gasteiger partial charge in [0.1, 0.15) is 0 Å². The molecule has 4 N–H and O–H groups in total. The van der Waals surface area contributed by atoms with Crippen LogP contribution in [-0.4, -0.2) is 74.8 Å². The van der Waals surface area contributed by atoms with Crippen LogP contribution in [0.15, 0.2) is 79.1 Å². The van der Waals surface area contributed by atoms with E-state index >= 15 is 0 Å². The van der Waals surface area contributed by atoms with Crippen LogP contribution in [0.5, 0.6) is 0 Å². The smallest absolute Gasteiger partial charge is 0.239 e. The molecule has 0 spiro atoms. The van der Waals surface area contributed by atoms with E-state index in [0.29, 0.717) is 32.4 Å². The van der Waals surface area contributed by atoms with Crippen LogP contribution in [0.1, 0.15) is 61.9 Å². The highest BCUT2D eigenvalue weighted by Gasteiger charge is 2.36. The number of fused-ring (bicyclic) bond motifs is 1. The second kappa shape index (κ2) is 14.6. The zero-order valence-electron chi connectivity index (χ0n) is 26.6. The van der Waals surface area contributed by atoms with Gasteiger partial charge in [0.15, 0.2) is 0 Å². The number of piperazine rings is 1. The number of amides is 2. The molecule has 2 heterocycles. The van der Waals surface area contributed by atoms with Crippen molar-refractivity contribution >= 4 is 11.8 Å². The average molecular weight is 614 g/mol. The van der Waals surface area contributed by atoms with Gasteiger partial charge in [0.05, 0.1) is 18.2 Å². The van der Waals surface area contributed by atoms with Gasteiger partial charge in [0.25, 0.3) is 0 Å². The Labute approximate surface area is 266 Å². The number of hydrogen-bond acceptors (Lipinski definition) is 7. The molecule has 1 aliphatic heterocycles. The van der Waals surface area contributed by atoms with Crippen molar-refractivity contribution < 1.29 is 19.8 Å². The molecule has 3 aromatic rings. The summed E-state index contributed by atoms with van der Waals surface area (Å²) in [5.74, 6) is -0.757. The summed E-state index contributed by atoms with van der Waals surface area (Å²) >= 11 is 0. The number of hydrazine groups is 1. The Morgan fingerprint density at radius 1 is 1.00 bits per heavy atom. The van der Waals surface area contributed by atoms with E-state index in [1.807, 2.05) is 92.6 Å². The summed E-state index contributed by atoms with van der Waals surface area (Å²) in [5, 5.41) is 27.5. The van der Waals surface area contributed by atoms with Gasteiger partial charge in [-0.1, -0.05) is 81.4 Å². The first-order chi connectivity index (χ1) is 21.6. The molecule has 0 unspecified atom stereocenters. The number of rotatable bonds is 11. The minimum Gasteiger partial charge on any atom is -0.393 e. The highest BCUT2D eigenvalue weighted by atomic mass is 16.3. The molecule has 2 amide bonds. The van der Waals surface area contributed by atoms with Gasteiger partial charge >= 0.3 is 0 Å². The van der Waals surface area contributed by atoms with Crippen LogP contribution < -0.4 is 10.7 Å². The van der Waals surface area contributed by atoms with Crippen molar-refractivity contribution in [3.05, 3.63) is 101 Å². The molecule has 2 aliphatic rings. The van der Waals surface area contributed by atoms with Gasteiger partial charge in [0.2, 0.25) is 11.8 Å². The molecule has 5 atom stereocenters. The molecule has 1 aliphatic carbocycles. The third kappa shape index (κ3) is 8.76. The van der Waals surface area contributed by atoms with E-state index < -0.39 is 29.6 Å². The van der Waals surface area contributed by atoms with Crippen molar-refractivity contribution in [3.63, 3.8) is 0 Å². The lowest BCUT2D eigenvalue weighted by molar-refractivity contribution is -0.137. The minimum atomic E-state index is -0.789. The number of nitrogens with one attached hydrogen (secondary N) is 2. The molecule has 1 fully saturated rings. The fourth-order valence-corrected chi connectivity index (χ4v) is 6.40. The molecule has 9 heteroatoms. The second-order valence-electron chi connectivity index (χ2n) is 13.6. The zero-order valence-corrected chi connectivity index (χ0v) is 26.6. The topological polar surface area (TPSA) is 118 Å². The molecule has 9 nitrogen and oxygen atoms in total. The van der Waals surface area contributed by atoms with Crippen molar-refractivity contribution in [2.24, 2.45) is 11.3 Å². The molecule has 0 radical (unpaired) electrons.